The highest BCUT2D eigenvalue weighted by Crippen LogP contribution is 2.34. The van der Waals surface area contributed by atoms with Gasteiger partial charge < -0.3 is 20.1 Å². The molecule has 3 atom stereocenters. The zero-order chi connectivity index (χ0) is 22.9. The molecule has 2 N–H and O–H groups in total. The summed E-state index contributed by atoms with van der Waals surface area (Å²) in [6.45, 7) is 8.55. The van der Waals surface area contributed by atoms with Crippen molar-refractivity contribution in [2.24, 2.45) is 5.92 Å². The quantitative estimate of drug-likeness (QED) is 0.616. The zero-order valence-corrected chi connectivity index (χ0v) is 19.8. The number of methoxy groups -OCH3 is 1. The van der Waals surface area contributed by atoms with Crippen molar-refractivity contribution in [3.8, 4) is 22.8 Å². The van der Waals surface area contributed by atoms with Crippen LogP contribution in [0.25, 0.3) is 16.9 Å². The van der Waals surface area contributed by atoms with Gasteiger partial charge in [-0.2, -0.15) is 10.2 Å². The topological polar surface area (TPSA) is 91.1 Å². The predicted molar refractivity (Wildman–Crippen MR) is 127 cm³/mol. The predicted octanol–water partition coefficient (Wildman–Crippen LogP) is 3.17. The molecule has 0 saturated carbocycles. The Morgan fingerprint density at radius 2 is 2.03 bits per heavy atom. The van der Waals surface area contributed by atoms with Crippen LogP contribution in [0, 0.1) is 12.8 Å². The van der Waals surface area contributed by atoms with Crippen LogP contribution >= 0.6 is 0 Å². The zero-order valence-electron chi connectivity index (χ0n) is 19.8. The van der Waals surface area contributed by atoms with E-state index in [1.165, 1.54) is 12.8 Å². The molecule has 3 aromatic heterocycles. The number of hydrogen-bond acceptors (Lipinski definition) is 7. The number of pyridine rings is 1. The van der Waals surface area contributed by atoms with Gasteiger partial charge >= 0.3 is 0 Å². The molecule has 5 rings (SSSR count). The minimum Gasteiger partial charge on any atom is -0.481 e. The van der Waals surface area contributed by atoms with Crippen LogP contribution in [-0.2, 0) is 17.7 Å². The molecule has 176 valence electrons. The number of hydrogen-bond donors (Lipinski definition) is 2. The van der Waals surface area contributed by atoms with Crippen molar-refractivity contribution in [2.45, 2.75) is 58.7 Å². The molecule has 5 heterocycles. The number of nitrogens with zero attached hydrogens (tertiary/aromatic N) is 5. The lowest BCUT2D eigenvalue weighted by Gasteiger charge is -2.32. The molecule has 1 fully saturated rings. The SMILES string of the molecule is COc1ncc(-c2nn(-c3cnn(C[C@H]4C[C@@H](C)N[C@@H](C)C4)c3)c3c2CCOCN3)cc1C. The summed E-state index contributed by atoms with van der Waals surface area (Å²) in [5.41, 5.74) is 4.94. The van der Waals surface area contributed by atoms with Gasteiger partial charge in [0.2, 0.25) is 5.88 Å². The van der Waals surface area contributed by atoms with Crippen molar-refractivity contribution < 1.29 is 9.47 Å². The van der Waals surface area contributed by atoms with Gasteiger partial charge in [0.25, 0.3) is 0 Å². The van der Waals surface area contributed by atoms with E-state index in [1.54, 1.807) is 7.11 Å². The molecule has 3 aromatic rings. The van der Waals surface area contributed by atoms with Crippen molar-refractivity contribution in [1.82, 2.24) is 29.9 Å². The number of rotatable bonds is 5. The van der Waals surface area contributed by atoms with Gasteiger partial charge in [0.15, 0.2) is 0 Å². The maximum Gasteiger partial charge on any atom is 0.215 e. The lowest BCUT2D eigenvalue weighted by Crippen LogP contribution is -2.43. The van der Waals surface area contributed by atoms with E-state index in [0.29, 0.717) is 37.2 Å². The van der Waals surface area contributed by atoms with E-state index < -0.39 is 0 Å². The number of fused-ring (bicyclic) bond motifs is 1. The molecule has 1 saturated heterocycles. The summed E-state index contributed by atoms with van der Waals surface area (Å²) < 4.78 is 15.0. The molecule has 9 heteroatoms. The second-order valence-electron chi connectivity index (χ2n) is 9.34. The van der Waals surface area contributed by atoms with Crippen LogP contribution < -0.4 is 15.4 Å². The van der Waals surface area contributed by atoms with Crippen molar-refractivity contribution in [1.29, 1.82) is 0 Å². The van der Waals surface area contributed by atoms with Crippen molar-refractivity contribution >= 4 is 5.82 Å². The first-order valence-corrected chi connectivity index (χ1v) is 11.7. The van der Waals surface area contributed by atoms with E-state index in [1.807, 2.05) is 24.0 Å². The molecule has 2 aliphatic rings. The Morgan fingerprint density at radius 1 is 1.21 bits per heavy atom. The summed E-state index contributed by atoms with van der Waals surface area (Å²) in [4.78, 5) is 4.46. The highest BCUT2D eigenvalue weighted by molar-refractivity contribution is 5.71. The summed E-state index contributed by atoms with van der Waals surface area (Å²) in [5, 5.41) is 16.7. The molecular formula is C24H33N7O2. The molecule has 0 bridgehead atoms. The lowest BCUT2D eigenvalue weighted by molar-refractivity contribution is 0.159. The smallest absolute Gasteiger partial charge is 0.215 e. The summed E-state index contributed by atoms with van der Waals surface area (Å²) >= 11 is 0. The van der Waals surface area contributed by atoms with E-state index in [4.69, 9.17) is 14.6 Å². The van der Waals surface area contributed by atoms with Crippen LogP contribution in [0.4, 0.5) is 5.82 Å². The molecule has 9 nitrogen and oxygen atoms in total. The highest BCUT2D eigenvalue weighted by atomic mass is 16.5. The summed E-state index contributed by atoms with van der Waals surface area (Å²) in [6.07, 6.45) is 8.94. The molecular weight excluding hydrogens is 418 g/mol. The van der Waals surface area contributed by atoms with Crippen LogP contribution in [0.1, 0.15) is 37.8 Å². The monoisotopic (exact) mass is 451 g/mol. The second-order valence-corrected chi connectivity index (χ2v) is 9.34. The van der Waals surface area contributed by atoms with Crippen molar-refractivity contribution in [3.63, 3.8) is 0 Å². The average molecular weight is 452 g/mol. The molecule has 0 spiro atoms. The van der Waals surface area contributed by atoms with Crippen LogP contribution in [0.2, 0.25) is 0 Å². The molecule has 0 aromatic carbocycles. The Labute approximate surface area is 194 Å². The van der Waals surface area contributed by atoms with Gasteiger partial charge in [-0.25, -0.2) is 9.67 Å². The Morgan fingerprint density at radius 3 is 2.79 bits per heavy atom. The standard InChI is InChI=1S/C24H33N7O2/c1-15-7-19(10-25-24(15)32-4)22-21-5-6-33-14-26-23(21)31(29-22)20-11-27-30(13-20)12-18-8-16(2)28-17(3)9-18/h7,10-11,13,16-18,26,28H,5-6,8-9,12,14H2,1-4H3/t16-,17+,18+. The van der Waals surface area contributed by atoms with E-state index in [2.05, 4.69) is 51.5 Å². The fraction of sp³-hybridized carbons (Fsp3) is 0.542. The minimum absolute atomic E-state index is 0.455. The fourth-order valence-corrected chi connectivity index (χ4v) is 5.25. The van der Waals surface area contributed by atoms with Gasteiger partial charge in [-0.3, -0.25) is 4.68 Å². The summed E-state index contributed by atoms with van der Waals surface area (Å²) in [7, 11) is 1.64. The maximum atomic E-state index is 5.69. The van der Waals surface area contributed by atoms with Gasteiger partial charge in [-0.1, -0.05) is 0 Å². The highest BCUT2D eigenvalue weighted by Gasteiger charge is 2.25. The van der Waals surface area contributed by atoms with Crippen LogP contribution in [-0.4, -0.2) is 57.1 Å². The van der Waals surface area contributed by atoms with E-state index in [0.717, 1.165) is 46.9 Å². The number of ether oxygens (including phenoxy) is 2. The molecule has 0 radical (unpaired) electrons. The first-order chi connectivity index (χ1) is 16.0. The van der Waals surface area contributed by atoms with Crippen LogP contribution in [0.15, 0.2) is 24.7 Å². The number of piperidine rings is 1. The second kappa shape index (κ2) is 9.15. The number of aryl methyl sites for hydroxylation is 1. The number of aromatic nitrogens is 5. The molecule has 33 heavy (non-hydrogen) atoms. The Bertz CT molecular complexity index is 1110. The summed E-state index contributed by atoms with van der Waals surface area (Å²) in [6, 6.07) is 3.17. The summed E-state index contributed by atoms with van der Waals surface area (Å²) in [5.74, 6) is 2.21. The van der Waals surface area contributed by atoms with Gasteiger partial charge in [0, 0.05) is 47.9 Å². The largest absolute Gasteiger partial charge is 0.481 e. The molecule has 0 aliphatic carbocycles. The fourth-order valence-electron chi connectivity index (χ4n) is 5.25. The normalized spacial score (nSPS) is 23.0. The van der Waals surface area contributed by atoms with Crippen LogP contribution in [0.3, 0.4) is 0 Å². The van der Waals surface area contributed by atoms with Gasteiger partial charge in [-0.15, -0.1) is 0 Å². The first-order valence-electron chi connectivity index (χ1n) is 11.7. The number of anilines is 1. The Balaban J connectivity index is 1.47. The third-order valence-corrected chi connectivity index (χ3v) is 6.57. The van der Waals surface area contributed by atoms with E-state index >= 15 is 0 Å². The van der Waals surface area contributed by atoms with Crippen LogP contribution in [0.5, 0.6) is 5.88 Å². The Kier molecular flexibility index (Phi) is 6.07. The Hall–Kier alpha value is -2.91. The third-order valence-electron chi connectivity index (χ3n) is 6.57. The molecule has 0 amide bonds. The maximum absolute atomic E-state index is 5.69. The van der Waals surface area contributed by atoms with Gasteiger partial charge in [0.1, 0.15) is 18.2 Å². The van der Waals surface area contributed by atoms with E-state index in [9.17, 15) is 0 Å². The van der Waals surface area contributed by atoms with Gasteiger partial charge in [0.05, 0.1) is 31.8 Å². The van der Waals surface area contributed by atoms with Gasteiger partial charge in [-0.05, 0) is 45.6 Å². The first kappa shape index (κ1) is 21.9. The van der Waals surface area contributed by atoms with E-state index in [-0.39, 0.29) is 0 Å². The van der Waals surface area contributed by atoms with Crippen molar-refractivity contribution in [3.05, 3.63) is 35.8 Å². The number of nitrogens with one attached hydrogen (secondary N) is 2. The molecule has 2 aliphatic heterocycles. The van der Waals surface area contributed by atoms with Crippen molar-refractivity contribution in [2.75, 3.05) is 25.8 Å². The lowest BCUT2D eigenvalue weighted by atomic mass is 9.89. The third kappa shape index (κ3) is 4.47. The molecule has 0 unspecified atom stereocenters. The minimum atomic E-state index is 0.455. The average Bonchev–Trinajstić information content (AvgIpc) is 3.29.